The number of rotatable bonds is 2. The van der Waals surface area contributed by atoms with E-state index in [0.29, 0.717) is 0 Å². The summed E-state index contributed by atoms with van der Waals surface area (Å²) in [6.07, 6.45) is 3.82. The first-order chi connectivity index (χ1) is 8.22. The van der Waals surface area contributed by atoms with Gasteiger partial charge in [0.05, 0.1) is 0 Å². The van der Waals surface area contributed by atoms with Crippen molar-refractivity contribution in [3.05, 3.63) is 11.9 Å². The fourth-order valence-electron chi connectivity index (χ4n) is 1.77. The smallest absolute Gasteiger partial charge is 0.149 e. The second-order valence-electron chi connectivity index (χ2n) is 6.43. The van der Waals surface area contributed by atoms with Crippen molar-refractivity contribution in [2.75, 3.05) is 0 Å². The molecule has 2 rings (SSSR count). The van der Waals surface area contributed by atoms with Crippen molar-refractivity contribution in [2.24, 2.45) is 4.03 Å². The zero-order valence-electron chi connectivity index (χ0n) is 11.9. The van der Waals surface area contributed by atoms with Gasteiger partial charge in [-0.05, 0) is 17.9 Å². The summed E-state index contributed by atoms with van der Waals surface area (Å²) in [7, 11) is -3.12. The molecule has 2 heterocycles. The molecule has 0 atom stereocenters. The zero-order valence-corrected chi connectivity index (χ0v) is 13.7. The Balaban J connectivity index is 2.37. The van der Waals surface area contributed by atoms with Crippen LogP contribution >= 0.6 is 0 Å². The van der Waals surface area contributed by atoms with E-state index in [1.165, 1.54) is 0 Å². The van der Waals surface area contributed by atoms with Gasteiger partial charge in [0, 0.05) is 18.4 Å². The maximum atomic E-state index is 12.5. The Labute approximate surface area is 112 Å². The lowest BCUT2D eigenvalue weighted by atomic mass is 10.2. The summed E-state index contributed by atoms with van der Waals surface area (Å²) in [5.74, 6) is 0. The lowest BCUT2D eigenvalue weighted by Crippen LogP contribution is -2.35. The Morgan fingerprint density at radius 2 is 2.11 bits per heavy atom. The number of nitrogens with zero attached hydrogens (tertiary/aromatic N) is 3. The van der Waals surface area contributed by atoms with E-state index in [1.807, 2.05) is 4.68 Å². The lowest BCUT2D eigenvalue weighted by molar-refractivity contribution is 0.599. The van der Waals surface area contributed by atoms with Gasteiger partial charge < -0.3 is 8.24 Å². The van der Waals surface area contributed by atoms with Crippen molar-refractivity contribution in [1.29, 1.82) is 0 Å². The quantitative estimate of drug-likeness (QED) is 0.617. The maximum Gasteiger partial charge on any atom is 0.149 e. The molecular formula is C12H22N3OSSi-. The summed E-state index contributed by atoms with van der Waals surface area (Å²) in [5, 5.41) is 4.41. The van der Waals surface area contributed by atoms with Gasteiger partial charge in [0.25, 0.3) is 0 Å². The molecule has 0 fully saturated rings. The van der Waals surface area contributed by atoms with Gasteiger partial charge in [-0.25, -0.2) is 0 Å². The van der Waals surface area contributed by atoms with E-state index >= 15 is 0 Å². The highest BCUT2D eigenvalue weighted by Gasteiger charge is 2.33. The first-order valence-corrected chi connectivity index (χ1v) is 10.5. The van der Waals surface area contributed by atoms with Gasteiger partial charge in [-0.3, -0.25) is 4.68 Å². The summed E-state index contributed by atoms with van der Waals surface area (Å²) >= 11 is 0. The minimum absolute atomic E-state index is 0.124. The summed E-state index contributed by atoms with van der Waals surface area (Å²) in [5.41, 5.74) is 1.12. The van der Waals surface area contributed by atoms with E-state index in [9.17, 15) is 4.21 Å². The minimum atomic E-state index is -1.87. The molecule has 18 heavy (non-hydrogen) atoms. The molecule has 1 aliphatic rings. The van der Waals surface area contributed by atoms with Crippen LogP contribution in [-0.4, -0.2) is 18.0 Å². The van der Waals surface area contributed by atoms with Crippen LogP contribution in [0, 0.1) is 0 Å². The number of fused-ring (bicyclic) bond motifs is 1. The molecule has 6 heteroatoms. The fourth-order valence-corrected chi connectivity index (χ4v) is 5.47. The number of hydrogen-bond donors (Lipinski definition) is 0. The van der Waals surface area contributed by atoms with Gasteiger partial charge in [0.15, 0.2) is 0 Å². The molecule has 0 saturated carbocycles. The molecule has 0 spiro atoms. The Hall–Kier alpha value is -0.623. The zero-order chi connectivity index (χ0) is 13.6. The van der Waals surface area contributed by atoms with Crippen molar-refractivity contribution in [3.63, 3.8) is 0 Å². The Morgan fingerprint density at radius 1 is 1.44 bits per heavy atom. The van der Waals surface area contributed by atoms with Crippen LogP contribution in [0.1, 0.15) is 32.9 Å². The topological polar surface area (TPSA) is 47.2 Å². The molecule has 1 aromatic heterocycles. The van der Waals surface area contributed by atoms with Crippen molar-refractivity contribution in [1.82, 2.24) is 9.78 Å². The van der Waals surface area contributed by atoms with Gasteiger partial charge in [-0.15, -0.1) is 0 Å². The van der Waals surface area contributed by atoms with Gasteiger partial charge in [-0.1, -0.05) is 38.8 Å². The maximum absolute atomic E-state index is 12.5. The van der Waals surface area contributed by atoms with Crippen molar-refractivity contribution in [3.8, 4) is 0 Å². The average molecular weight is 284 g/mol. The van der Waals surface area contributed by atoms with Crippen LogP contribution in [0.4, 0.5) is 0 Å². The molecule has 0 aliphatic carbocycles. The third-order valence-electron chi connectivity index (χ3n) is 4.03. The van der Waals surface area contributed by atoms with Crippen LogP contribution in [0.25, 0.3) is 0 Å². The monoisotopic (exact) mass is 284 g/mol. The van der Waals surface area contributed by atoms with Crippen molar-refractivity contribution in [2.45, 2.75) is 63.2 Å². The molecule has 0 bridgehead atoms. The summed E-state index contributed by atoms with van der Waals surface area (Å²) in [6, 6.07) is 0. The highest BCUT2D eigenvalue weighted by Crippen LogP contribution is 2.37. The van der Waals surface area contributed by atoms with E-state index in [-0.39, 0.29) is 5.04 Å². The Morgan fingerprint density at radius 3 is 2.72 bits per heavy atom. The Kier molecular flexibility index (Phi) is 3.44. The van der Waals surface area contributed by atoms with E-state index in [2.05, 4.69) is 43.0 Å². The summed E-state index contributed by atoms with van der Waals surface area (Å²) in [4.78, 5) is 0.831. The molecule has 1 aliphatic heterocycles. The number of aryl methyl sites for hydroxylation is 1. The molecule has 102 valence electrons. The SMILES string of the molecule is CC(C)(C)[Si](C)(C)N=[S-](=O)c1cnn2c1CCC2. The predicted molar refractivity (Wildman–Crippen MR) is 76.5 cm³/mol. The van der Waals surface area contributed by atoms with Crippen LogP contribution < -0.4 is 0 Å². The van der Waals surface area contributed by atoms with Crippen LogP contribution in [0.3, 0.4) is 0 Å². The first-order valence-electron chi connectivity index (χ1n) is 6.42. The molecule has 0 radical (unpaired) electrons. The average Bonchev–Trinajstić information content (AvgIpc) is 2.73. The predicted octanol–water partition coefficient (Wildman–Crippen LogP) is 3.34. The fraction of sp³-hybridized carbons (Fsp3) is 0.750. The molecule has 0 aromatic carbocycles. The molecule has 0 N–H and O–H groups in total. The molecule has 1 aromatic rings. The second-order valence-corrected chi connectivity index (χ2v) is 12.7. The van der Waals surface area contributed by atoms with Crippen LogP contribution in [0.15, 0.2) is 15.1 Å². The van der Waals surface area contributed by atoms with E-state index in [0.717, 1.165) is 30.0 Å². The van der Waals surface area contributed by atoms with Crippen LogP contribution in [0.2, 0.25) is 18.1 Å². The highest BCUT2D eigenvalue weighted by atomic mass is 32.2. The lowest BCUT2D eigenvalue weighted by Gasteiger charge is -2.35. The van der Waals surface area contributed by atoms with Crippen LogP contribution in [-0.2, 0) is 27.8 Å². The van der Waals surface area contributed by atoms with Crippen LogP contribution in [0.5, 0.6) is 0 Å². The molecule has 4 nitrogen and oxygen atoms in total. The highest BCUT2D eigenvalue weighted by molar-refractivity contribution is 7.76. The van der Waals surface area contributed by atoms with Gasteiger partial charge in [-0.2, -0.15) is 15.7 Å². The molecular weight excluding hydrogens is 262 g/mol. The molecule has 0 unspecified atom stereocenters. The number of hydrogen-bond acceptors (Lipinski definition) is 4. The van der Waals surface area contributed by atoms with E-state index < -0.39 is 18.8 Å². The second kappa shape index (κ2) is 4.49. The van der Waals surface area contributed by atoms with Crippen molar-refractivity contribution >= 4 is 18.8 Å². The third-order valence-corrected chi connectivity index (χ3v) is 10.9. The summed E-state index contributed by atoms with van der Waals surface area (Å²) < 4.78 is 19.1. The summed E-state index contributed by atoms with van der Waals surface area (Å²) in [6.45, 7) is 11.9. The third kappa shape index (κ3) is 2.40. The van der Waals surface area contributed by atoms with E-state index in [4.69, 9.17) is 0 Å². The van der Waals surface area contributed by atoms with E-state index in [1.54, 1.807) is 6.20 Å². The first kappa shape index (κ1) is 13.8. The molecule has 0 saturated heterocycles. The standard InChI is InChI=1S/C12H22N3OSSi/c1-12(2,3)18(4,5)14-17(16)11-9-13-15-8-6-7-10(11)15/h9H,6-8H2,1-5H3/q-1. The minimum Gasteiger partial charge on any atom is -0.441 e. The van der Waals surface area contributed by atoms with Gasteiger partial charge >= 0.3 is 0 Å². The van der Waals surface area contributed by atoms with Crippen molar-refractivity contribution < 1.29 is 4.21 Å². The number of aromatic nitrogens is 2. The van der Waals surface area contributed by atoms with Gasteiger partial charge in [0.2, 0.25) is 0 Å². The largest absolute Gasteiger partial charge is 0.441 e. The normalized spacial score (nSPS) is 18.1. The van der Waals surface area contributed by atoms with Gasteiger partial charge in [0.1, 0.15) is 8.24 Å². The Bertz CT molecular complexity index is 536. The molecule has 0 amide bonds.